The summed E-state index contributed by atoms with van der Waals surface area (Å²) in [7, 11) is 0. The van der Waals surface area contributed by atoms with Crippen molar-refractivity contribution in [2.75, 3.05) is 26.4 Å². The minimum atomic E-state index is -1.11. The molecule has 33 heavy (non-hydrogen) atoms. The van der Waals surface area contributed by atoms with Crippen LogP contribution in [0.3, 0.4) is 0 Å². The molecule has 2 unspecified atom stereocenters. The first-order valence-electron chi connectivity index (χ1n) is 13.3. The summed E-state index contributed by atoms with van der Waals surface area (Å²) in [6.45, 7) is 15.1. The Morgan fingerprint density at radius 3 is 1.67 bits per heavy atom. The maximum atomic E-state index is 9.77. The number of hydrogen-bond donors (Lipinski definition) is 4. The maximum absolute atomic E-state index is 9.77. The summed E-state index contributed by atoms with van der Waals surface area (Å²) in [6, 6.07) is 0. The first-order chi connectivity index (χ1) is 15.4. The fraction of sp³-hybridized carbons (Fsp3) is 1.00. The van der Waals surface area contributed by atoms with E-state index in [2.05, 4.69) is 41.5 Å². The molecule has 2 aliphatic carbocycles. The molecule has 0 saturated heterocycles. The van der Waals surface area contributed by atoms with E-state index in [9.17, 15) is 10.2 Å². The summed E-state index contributed by atoms with van der Waals surface area (Å²) in [5.41, 5.74) is -1.11. The van der Waals surface area contributed by atoms with E-state index in [0.717, 1.165) is 12.8 Å². The number of aliphatic hydroxyl groups excluding tert-OH is 3. The number of ether oxygens (including phenoxy) is 2. The Bertz CT molecular complexity index is 509. The number of rotatable bonds is 10. The largest absolute Gasteiger partial charge is 0.394 e. The van der Waals surface area contributed by atoms with E-state index in [1.54, 1.807) is 6.92 Å². The molecule has 198 valence electrons. The van der Waals surface area contributed by atoms with Gasteiger partial charge in [-0.05, 0) is 68.1 Å². The van der Waals surface area contributed by atoms with Gasteiger partial charge in [-0.25, -0.2) is 0 Å². The molecule has 6 nitrogen and oxygen atoms in total. The van der Waals surface area contributed by atoms with Crippen LogP contribution in [0.1, 0.15) is 87.0 Å². The van der Waals surface area contributed by atoms with Crippen molar-refractivity contribution in [3.63, 3.8) is 0 Å². The maximum Gasteiger partial charge on any atom is 0.108 e. The minimum Gasteiger partial charge on any atom is -0.394 e. The molecule has 2 saturated carbocycles. The van der Waals surface area contributed by atoms with Gasteiger partial charge < -0.3 is 29.9 Å². The van der Waals surface area contributed by atoms with Crippen LogP contribution in [0.2, 0.25) is 0 Å². The van der Waals surface area contributed by atoms with Gasteiger partial charge in [0.1, 0.15) is 11.7 Å². The van der Waals surface area contributed by atoms with Gasteiger partial charge in [-0.1, -0.05) is 54.4 Å². The smallest absolute Gasteiger partial charge is 0.108 e. The normalized spacial score (nSPS) is 33.4. The molecule has 0 bridgehead atoms. The number of hydrogen-bond acceptors (Lipinski definition) is 6. The van der Waals surface area contributed by atoms with Crippen LogP contribution in [0.15, 0.2) is 0 Å². The van der Waals surface area contributed by atoms with Gasteiger partial charge in [0, 0.05) is 0 Å². The predicted octanol–water partition coefficient (Wildman–Crippen LogP) is 4.02. The number of aliphatic hydroxyl groups is 4. The fourth-order valence-corrected chi connectivity index (χ4v) is 5.23. The molecule has 4 N–H and O–H groups in total. The van der Waals surface area contributed by atoms with E-state index in [-0.39, 0.29) is 38.6 Å². The van der Waals surface area contributed by atoms with E-state index in [1.165, 1.54) is 25.7 Å². The third-order valence-corrected chi connectivity index (χ3v) is 7.59. The fourth-order valence-electron chi connectivity index (χ4n) is 5.23. The Labute approximate surface area is 203 Å². The second-order valence-electron chi connectivity index (χ2n) is 11.9. The van der Waals surface area contributed by atoms with Crippen molar-refractivity contribution >= 4 is 0 Å². The van der Waals surface area contributed by atoms with Crippen molar-refractivity contribution < 1.29 is 29.9 Å². The third kappa shape index (κ3) is 11.4. The summed E-state index contributed by atoms with van der Waals surface area (Å²) < 4.78 is 11.6. The summed E-state index contributed by atoms with van der Waals surface area (Å²) in [5.74, 6) is 3.85. The monoisotopic (exact) mass is 474 g/mol. The topological polar surface area (TPSA) is 99.4 Å². The Kier molecular flexibility index (Phi) is 14.0. The van der Waals surface area contributed by atoms with E-state index >= 15 is 0 Å². The summed E-state index contributed by atoms with van der Waals surface area (Å²) in [4.78, 5) is 0. The van der Waals surface area contributed by atoms with Gasteiger partial charge >= 0.3 is 0 Å². The van der Waals surface area contributed by atoms with Gasteiger partial charge in [0.15, 0.2) is 0 Å². The Hall–Kier alpha value is -0.240. The molecule has 8 atom stereocenters. The highest BCUT2D eigenvalue weighted by Crippen LogP contribution is 2.36. The van der Waals surface area contributed by atoms with Crippen LogP contribution in [-0.4, -0.2) is 70.8 Å². The molecule has 0 spiro atoms. The Morgan fingerprint density at radius 1 is 0.818 bits per heavy atom. The van der Waals surface area contributed by atoms with Crippen molar-refractivity contribution in [1.82, 2.24) is 0 Å². The molecule has 6 heteroatoms. The second-order valence-corrected chi connectivity index (χ2v) is 11.9. The van der Waals surface area contributed by atoms with Gasteiger partial charge in [-0.3, -0.25) is 0 Å². The van der Waals surface area contributed by atoms with Crippen LogP contribution in [0.5, 0.6) is 0 Å². The molecule has 0 aromatic carbocycles. The molecule has 0 heterocycles. The van der Waals surface area contributed by atoms with Crippen LogP contribution in [0.4, 0.5) is 0 Å². The lowest BCUT2D eigenvalue weighted by atomic mass is 9.75. The lowest BCUT2D eigenvalue weighted by Crippen LogP contribution is -2.41. The molecule has 2 fully saturated rings. The minimum absolute atomic E-state index is 0.214. The van der Waals surface area contributed by atoms with Crippen molar-refractivity contribution in [2.45, 2.75) is 111 Å². The summed E-state index contributed by atoms with van der Waals surface area (Å²) in [6.07, 6.45) is 6.91. The van der Waals surface area contributed by atoms with E-state index < -0.39 is 11.7 Å². The Balaban J connectivity index is 0.000000331. The van der Waals surface area contributed by atoms with E-state index in [4.69, 9.17) is 19.7 Å². The van der Waals surface area contributed by atoms with E-state index in [0.29, 0.717) is 35.5 Å². The van der Waals surface area contributed by atoms with Crippen molar-refractivity contribution in [3.8, 4) is 0 Å². The van der Waals surface area contributed by atoms with Gasteiger partial charge in [0.2, 0.25) is 0 Å². The molecule has 0 aromatic rings. The van der Waals surface area contributed by atoms with Crippen LogP contribution in [0.25, 0.3) is 0 Å². The summed E-state index contributed by atoms with van der Waals surface area (Å²) in [5, 5.41) is 36.9. The quantitative estimate of drug-likeness (QED) is 0.382. The van der Waals surface area contributed by atoms with Crippen LogP contribution < -0.4 is 0 Å². The second kappa shape index (κ2) is 15.0. The Morgan fingerprint density at radius 2 is 1.27 bits per heavy atom. The molecule has 0 radical (unpaired) electrons. The van der Waals surface area contributed by atoms with E-state index in [1.807, 2.05) is 0 Å². The van der Waals surface area contributed by atoms with Crippen molar-refractivity contribution in [2.24, 2.45) is 35.5 Å². The first kappa shape index (κ1) is 30.8. The van der Waals surface area contributed by atoms with Crippen molar-refractivity contribution in [3.05, 3.63) is 0 Å². The molecule has 0 amide bonds. The zero-order valence-corrected chi connectivity index (χ0v) is 22.4. The average Bonchev–Trinajstić information content (AvgIpc) is 2.76. The molecular weight excluding hydrogens is 420 g/mol. The highest BCUT2D eigenvalue weighted by atomic mass is 16.5. The van der Waals surface area contributed by atoms with Gasteiger partial charge in [-0.15, -0.1) is 0 Å². The molecular formula is C27H54O6. The molecule has 0 aromatic heterocycles. The SMILES string of the molecule is CC(C)[C@@H]1CC[C@@H](C)C[C@H]1OCC(C)(O)CO.CC(C)[C@@H]1CC[C@@H](C)C[C@H]1OCC(O)CO. The van der Waals surface area contributed by atoms with Crippen LogP contribution in [0, 0.1) is 35.5 Å². The standard InChI is InChI=1S/C14H28O3.C13H26O3/c1-10(2)12-6-5-11(3)7-13(12)17-9-14(4,16)8-15;1-9(2)12-5-4-10(3)6-13(12)16-8-11(15)7-14/h10-13,15-16H,5-9H2,1-4H3;9-15H,4-8H2,1-3H3/t11-,12+,13-,14?;10-,11?,12+,13-/m11/s1. The van der Waals surface area contributed by atoms with Gasteiger partial charge in [0.25, 0.3) is 0 Å². The van der Waals surface area contributed by atoms with Crippen molar-refractivity contribution in [1.29, 1.82) is 0 Å². The highest BCUT2D eigenvalue weighted by Gasteiger charge is 2.33. The molecule has 2 aliphatic rings. The lowest BCUT2D eigenvalue weighted by Gasteiger charge is -2.38. The zero-order valence-electron chi connectivity index (χ0n) is 22.4. The summed E-state index contributed by atoms with van der Waals surface area (Å²) >= 11 is 0. The van der Waals surface area contributed by atoms with Crippen LogP contribution >= 0.6 is 0 Å². The average molecular weight is 475 g/mol. The highest BCUT2D eigenvalue weighted by molar-refractivity contribution is 4.83. The molecule has 0 aliphatic heterocycles. The first-order valence-corrected chi connectivity index (χ1v) is 13.3. The third-order valence-electron chi connectivity index (χ3n) is 7.59. The van der Waals surface area contributed by atoms with Crippen LogP contribution in [-0.2, 0) is 9.47 Å². The molecule has 2 rings (SSSR count). The van der Waals surface area contributed by atoms with Gasteiger partial charge in [0.05, 0.1) is 38.6 Å². The predicted molar refractivity (Wildman–Crippen MR) is 133 cm³/mol. The van der Waals surface area contributed by atoms with Gasteiger partial charge in [-0.2, -0.15) is 0 Å². The zero-order chi connectivity index (χ0) is 25.2. The lowest BCUT2D eigenvalue weighted by molar-refractivity contribution is -0.116.